The molecule has 0 aliphatic carbocycles. The van der Waals surface area contributed by atoms with Gasteiger partial charge in [-0.2, -0.15) is 0 Å². The van der Waals surface area contributed by atoms with E-state index in [1.165, 1.54) is 13.2 Å². The Morgan fingerprint density at radius 3 is 2.81 bits per heavy atom. The molecule has 4 heteroatoms. The van der Waals surface area contributed by atoms with Crippen molar-refractivity contribution in [3.8, 4) is 11.5 Å². The standard InChI is InChI=1S/C12H15NO3/c1-13-5-3-4-10-6-9(8-14)7-11(16-2)12(10)15/h3-4,6-8,13,15H,5H2,1-2H3. The Labute approximate surface area is 94.6 Å². The first-order chi connectivity index (χ1) is 7.72. The second-order valence-electron chi connectivity index (χ2n) is 3.24. The van der Waals surface area contributed by atoms with Crippen molar-refractivity contribution >= 4 is 12.4 Å². The molecule has 0 aliphatic heterocycles. The summed E-state index contributed by atoms with van der Waals surface area (Å²) in [5, 5.41) is 12.7. The van der Waals surface area contributed by atoms with Crippen molar-refractivity contribution in [2.45, 2.75) is 0 Å². The highest BCUT2D eigenvalue weighted by Gasteiger charge is 2.07. The molecule has 1 aromatic carbocycles. The first kappa shape index (κ1) is 12.3. The minimum absolute atomic E-state index is 0.0421. The molecule has 0 amide bonds. The SMILES string of the molecule is CNCC=Cc1cc(C=O)cc(OC)c1O. The van der Waals surface area contributed by atoms with Crippen LogP contribution in [0.15, 0.2) is 18.2 Å². The predicted octanol–water partition coefficient (Wildman–Crippen LogP) is 1.45. The average molecular weight is 221 g/mol. The Morgan fingerprint density at radius 2 is 2.25 bits per heavy atom. The van der Waals surface area contributed by atoms with Crippen molar-refractivity contribution in [2.75, 3.05) is 20.7 Å². The maximum atomic E-state index is 10.7. The van der Waals surface area contributed by atoms with Gasteiger partial charge in [-0.3, -0.25) is 4.79 Å². The third-order valence-corrected chi connectivity index (χ3v) is 2.10. The Balaban J connectivity index is 3.10. The molecule has 0 saturated carbocycles. The van der Waals surface area contributed by atoms with Crippen molar-refractivity contribution in [3.05, 3.63) is 29.3 Å². The van der Waals surface area contributed by atoms with E-state index in [0.717, 1.165) is 6.29 Å². The van der Waals surface area contributed by atoms with E-state index < -0.39 is 0 Å². The molecule has 1 aromatic rings. The van der Waals surface area contributed by atoms with Crippen molar-refractivity contribution in [2.24, 2.45) is 0 Å². The lowest BCUT2D eigenvalue weighted by Gasteiger charge is -2.07. The van der Waals surface area contributed by atoms with Gasteiger partial charge in [0.25, 0.3) is 0 Å². The van der Waals surface area contributed by atoms with Crippen LogP contribution in [0, 0.1) is 0 Å². The molecule has 0 aromatic heterocycles. The van der Waals surface area contributed by atoms with E-state index in [0.29, 0.717) is 23.4 Å². The highest BCUT2D eigenvalue weighted by molar-refractivity contribution is 5.79. The summed E-state index contributed by atoms with van der Waals surface area (Å²) < 4.78 is 4.98. The van der Waals surface area contributed by atoms with Crippen LogP contribution in [-0.4, -0.2) is 32.1 Å². The van der Waals surface area contributed by atoms with E-state index in [-0.39, 0.29) is 5.75 Å². The maximum absolute atomic E-state index is 10.7. The molecule has 0 bridgehead atoms. The van der Waals surface area contributed by atoms with Gasteiger partial charge in [-0.1, -0.05) is 12.2 Å². The van der Waals surface area contributed by atoms with Gasteiger partial charge in [-0.15, -0.1) is 0 Å². The predicted molar refractivity (Wildman–Crippen MR) is 63.0 cm³/mol. The van der Waals surface area contributed by atoms with E-state index in [1.54, 1.807) is 12.1 Å². The van der Waals surface area contributed by atoms with Crippen molar-refractivity contribution < 1.29 is 14.6 Å². The summed E-state index contributed by atoms with van der Waals surface area (Å²) in [4.78, 5) is 10.7. The zero-order valence-electron chi connectivity index (χ0n) is 9.36. The number of benzene rings is 1. The van der Waals surface area contributed by atoms with Gasteiger partial charge in [-0.05, 0) is 19.2 Å². The van der Waals surface area contributed by atoms with E-state index in [4.69, 9.17) is 4.74 Å². The Morgan fingerprint density at radius 1 is 1.50 bits per heavy atom. The summed E-state index contributed by atoms with van der Waals surface area (Å²) in [5.74, 6) is 0.342. The summed E-state index contributed by atoms with van der Waals surface area (Å²) in [6.45, 7) is 0.688. The van der Waals surface area contributed by atoms with Crippen LogP contribution in [-0.2, 0) is 0 Å². The molecule has 4 nitrogen and oxygen atoms in total. The molecule has 0 atom stereocenters. The number of phenols is 1. The van der Waals surface area contributed by atoms with Crippen molar-refractivity contribution in [1.29, 1.82) is 0 Å². The molecular weight excluding hydrogens is 206 g/mol. The normalized spacial score (nSPS) is 10.6. The van der Waals surface area contributed by atoms with E-state index in [1.807, 2.05) is 13.1 Å². The summed E-state index contributed by atoms with van der Waals surface area (Å²) in [6.07, 6.45) is 4.31. The van der Waals surface area contributed by atoms with Gasteiger partial charge in [0.1, 0.15) is 6.29 Å². The van der Waals surface area contributed by atoms with Crippen LogP contribution < -0.4 is 10.1 Å². The molecular formula is C12H15NO3. The molecule has 0 spiro atoms. The number of phenolic OH excluding ortho intramolecular Hbond substituents is 1. The molecule has 0 unspecified atom stereocenters. The lowest BCUT2D eigenvalue weighted by atomic mass is 10.1. The van der Waals surface area contributed by atoms with Crippen LogP contribution in [0.2, 0.25) is 0 Å². The van der Waals surface area contributed by atoms with Gasteiger partial charge in [0, 0.05) is 17.7 Å². The summed E-state index contributed by atoms with van der Waals surface area (Å²) in [7, 11) is 3.28. The zero-order chi connectivity index (χ0) is 12.0. The fourth-order valence-electron chi connectivity index (χ4n) is 1.31. The van der Waals surface area contributed by atoms with Gasteiger partial charge >= 0.3 is 0 Å². The van der Waals surface area contributed by atoms with Crippen LogP contribution in [0.25, 0.3) is 6.08 Å². The monoisotopic (exact) mass is 221 g/mol. The number of aromatic hydroxyl groups is 1. The van der Waals surface area contributed by atoms with Crippen LogP contribution in [0.3, 0.4) is 0 Å². The molecule has 0 fully saturated rings. The second kappa shape index (κ2) is 5.92. The number of carbonyl (C=O) groups excluding carboxylic acids is 1. The first-order valence-electron chi connectivity index (χ1n) is 4.90. The lowest BCUT2D eigenvalue weighted by Crippen LogP contribution is -2.03. The molecule has 0 radical (unpaired) electrons. The fourth-order valence-corrected chi connectivity index (χ4v) is 1.31. The topological polar surface area (TPSA) is 58.6 Å². The second-order valence-corrected chi connectivity index (χ2v) is 3.24. The van der Waals surface area contributed by atoms with Gasteiger partial charge in [0.15, 0.2) is 11.5 Å². The number of hydrogen-bond acceptors (Lipinski definition) is 4. The quantitative estimate of drug-likeness (QED) is 0.739. The lowest BCUT2D eigenvalue weighted by molar-refractivity contribution is 0.112. The highest BCUT2D eigenvalue weighted by Crippen LogP contribution is 2.31. The number of methoxy groups -OCH3 is 1. The third kappa shape index (κ3) is 2.84. The number of ether oxygens (including phenoxy) is 1. The highest BCUT2D eigenvalue weighted by atomic mass is 16.5. The number of rotatable bonds is 5. The van der Waals surface area contributed by atoms with E-state index in [2.05, 4.69) is 5.32 Å². The Hall–Kier alpha value is -1.81. The molecule has 0 saturated heterocycles. The van der Waals surface area contributed by atoms with Crippen LogP contribution in [0.5, 0.6) is 11.5 Å². The summed E-state index contributed by atoms with van der Waals surface area (Å²) in [6, 6.07) is 3.11. The molecule has 0 aliphatic rings. The first-order valence-corrected chi connectivity index (χ1v) is 4.90. The van der Waals surface area contributed by atoms with Crippen LogP contribution in [0.4, 0.5) is 0 Å². The third-order valence-electron chi connectivity index (χ3n) is 2.10. The number of carbonyl (C=O) groups is 1. The smallest absolute Gasteiger partial charge is 0.165 e. The average Bonchev–Trinajstić information content (AvgIpc) is 2.31. The summed E-state index contributed by atoms with van der Waals surface area (Å²) in [5.41, 5.74) is 1.04. The number of likely N-dealkylation sites (N-methyl/N-ethyl adjacent to an activating group) is 1. The molecule has 0 heterocycles. The number of nitrogens with one attached hydrogen (secondary N) is 1. The van der Waals surface area contributed by atoms with Gasteiger partial charge in [-0.25, -0.2) is 0 Å². The van der Waals surface area contributed by atoms with E-state index >= 15 is 0 Å². The van der Waals surface area contributed by atoms with Crippen LogP contribution >= 0.6 is 0 Å². The largest absolute Gasteiger partial charge is 0.504 e. The van der Waals surface area contributed by atoms with Gasteiger partial charge in [0.2, 0.25) is 0 Å². The minimum atomic E-state index is 0.0421. The molecule has 1 rings (SSSR count). The molecule has 86 valence electrons. The Bertz CT molecular complexity index is 399. The van der Waals surface area contributed by atoms with Gasteiger partial charge in [0.05, 0.1) is 7.11 Å². The van der Waals surface area contributed by atoms with Crippen molar-refractivity contribution in [1.82, 2.24) is 5.32 Å². The van der Waals surface area contributed by atoms with E-state index in [9.17, 15) is 9.90 Å². The maximum Gasteiger partial charge on any atom is 0.165 e. The van der Waals surface area contributed by atoms with Crippen molar-refractivity contribution in [3.63, 3.8) is 0 Å². The molecule has 2 N–H and O–H groups in total. The number of aldehydes is 1. The molecule has 16 heavy (non-hydrogen) atoms. The zero-order valence-corrected chi connectivity index (χ0v) is 9.36. The summed E-state index contributed by atoms with van der Waals surface area (Å²) >= 11 is 0. The fraction of sp³-hybridized carbons (Fsp3) is 0.250. The minimum Gasteiger partial charge on any atom is -0.504 e. The van der Waals surface area contributed by atoms with Gasteiger partial charge < -0.3 is 15.2 Å². The number of hydrogen-bond donors (Lipinski definition) is 2. The van der Waals surface area contributed by atoms with Crippen LogP contribution in [0.1, 0.15) is 15.9 Å². The Kier molecular flexibility index (Phi) is 4.54.